The van der Waals surface area contributed by atoms with Gasteiger partial charge in [-0.15, -0.1) is 0 Å². The van der Waals surface area contributed by atoms with Gasteiger partial charge in [0.15, 0.2) is 9.84 Å². The summed E-state index contributed by atoms with van der Waals surface area (Å²) in [6.07, 6.45) is 2.60. The van der Waals surface area contributed by atoms with Crippen LogP contribution in [0.25, 0.3) is 0 Å². The van der Waals surface area contributed by atoms with Gasteiger partial charge < -0.3 is 15.8 Å². The molecule has 18 heavy (non-hydrogen) atoms. The zero-order chi connectivity index (χ0) is 13.6. The number of nitrogens with one attached hydrogen (secondary N) is 1. The summed E-state index contributed by atoms with van der Waals surface area (Å²) in [6, 6.07) is 3.01. The van der Waals surface area contributed by atoms with E-state index in [4.69, 9.17) is 10.5 Å². The van der Waals surface area contributed by atoms with Crippen LogP contribution in [0, 0.1) is 0 Å². The van der Waals surface area contributed by atoms with Crippen LogP contribution < -0.4 is 11.1 Å². The number of pyridine rings is 1. The van der Waals surface area contributed by atoms with Crippen LogP contribution in [0.3, 0.4) is 0 Å². The Balaban J connectivity index is 2.55. The Hall–Kier alpha value is -1.67. The molecule has 0 aliphatic carbocycles. The first-order chi connectivity index (χ1) is 8.41. The predicted octanol–water partition coefficient (Wildman–Crippen LogP) is -0.601. The van der Waals surface area contributed by atoms with Crippen molar-refractivity contribution in [1.82, 2.24) is 4.98 Å². The van der Waals surface area contributed by atoms with Gasteiger partial charge in [-0.25, -0.2) is 13.4 Å². The first-order valence-electron chi connectivity index (χ1n) is 5.16. The number of nitrogens with zero attached hydrogens (tertiary/aromatic N) is 1. The number of hydrogen-bond acceptors (Lipinski definition) is 6. The van der Waals surface area contributed by atoms with Gasteiger partial charge in [0.05, 0.1) is 6.61 Å². The van der Waals surface area contributed by atoms with Crippen LogP contribution in [-0.4, -0.2) is 45.3 Å². The monoisotopic (exact) mass is 273 g/mol. The predicted molar refractivity (Wildman–Crippen MR) is 65.8 cm³/mol. The molecule has 1 aromatic heterocycles. The molecule has 0 fully saturated rings. The quantitative estimate of drug-likeness (QED) is 0.642. The van der Waals surface area contributed by atoms with E-state index >= 15 is 0 Å². The third-order valence-electron chi connectivity index (χ3n) is 1.95. The van der Waals surface area contributed by atoms with Crippen LogP contribution in [0.5, 0.6) is 0 Å². The largest absolute Gasteiger partial charge is 0.370 e. The SMILES string of the molecule is CS(=O)(=O)c1cccnc1NCCOCC(N)=O. The van der Waals surface area contributed by atoms with E-state index in [1.807, 2.05) is 0 Å². The number of amides is 1. The minimum absolute atomic E-state index is 0.125. The molecule has 1 heterocycles. The van der Waals surface area contributed by atoms with Crippen LogP contribution in [0.4, 0.5) is 5.82 Å². The van der Waals surface area contributed by atoms with Crippen LogP contribution in [-0.2, 0) is 19.4 Å². The highest BCUT2D eigenvalue weighted by molar-refractivity contribution is 7.90. The number of nitrogens with two attached hydrogens (primary N) is 1. The lowest BCUT2D eigenvalue weighted by molar-refractivity contribution is -0.122. The second kappa shape index (κ2) is 6.31. The van der Waals surface area contributed by atoms with Gasteiger partial charge in [0.2, 0.25) is 5.91 Å². The number of sulfone groups is 1. The Morgan fingerprint density at radius 3 is 2.89 bits per heavy atom. The van der Waals surface area contributed by atoms with Gasteiger partial charge in [0.25, 0.3) is 0 Å². The lowest BCUT2D eigenvalue weighted by Gasteiger charge is -2.09. The van der Waals surface area contributed by atoms with Crippen molar-refractivity contribution in [1.29, 1.82) is 0 Å². The summed E-state index contributed by atoms with van der Waals surface area (Å²) in [7, 11) is -3.33. The number of primary amides is 1. The molecular weight excluding hydrogens is 258 g/mol. The zero-order valence-electron chi connectivity index (χ0n) is 9.92. The number of rotatable bonds is 7. The second-order valence-corrected chi connectivity index (χ2v) is 5.55. The van der Waals surface area contributed by atoms with E-state index in [1.54, 1.807) is 6.07 Å². The highest BCUT2D eigenvalue weighted by atomic mass is 32.2. The Morgan fingerprint density at radius 2 is 2.28 bits per heavy atom. The molecule has 1 amide bonds. The first-order valence-corrected chi connectivity index (χ1v) is 7.05. The summed E-state index contributed by atoms with van der Waals surface area (Å²) in [5.74, 6) is -0.285. The van der Waals surface area contributed by atoms with Crippen molar-refractivity contribution in [3.63, 3.8) is 0 Å². The average molecular weight is 273 g/mol. The van der Waals surface area contributed by atoms with E-state index < -0.39 is 15.7 Å². The van der Waals surface area contributed by atoms with E-state index in [-0.39, 0.29) is 23.9 Å². The van der Waals surface area contributed by atoms with Gasteiger partial charge in [-0.3, -0.25) is 4.79 Å². The Labute approximate surface area is 105 Å². The smallest absolute Gasteiger partial charge is 0.243 e. The summed E-state index contributed by atoms with van der Waals surface area (Å²) in [5, 5.41) is 2.83. The van der Waals surface area contributed by atoms with Gasteiger partial charge in [0, 0.05) is 19.0 Å². The second-order valence-electron chi connectivity index (χ2n) is 3.57. The molecule has 0 atom stereocenters. The van der Waals surface area contributed by atoms with Crippen LogP contribution >= 0.6 is 0 Å². The number of carbonyl (C=O) groups excluding carboxylic acids is 1. The van der Waals surface area contributed by atoms with Crippen molar-refractivity contribution in [2.24, 2.45) is 5.73 Å². The number of carbonyl (C=O) groups is 1. The minimum Gasteiger partial charge on any atom is -0.370 e. The van der Waals surface area contributed by atoms with Gasteiger partial charge in [-0.1, -0.05) is 0 Å². The lowest BCUT2D eigenvalue weighted by atomic mass is 10.4. The fraction of sp³-hybridized carbons (Fsp3) is 0.400. The molecule has 3 N–H and O–H groups in total. The molecule has 0 radical (unpaired) electrons. The zero-order valence-corrected chi connectivity index (χ0v) is 10.7. The molecule has 0 unspecified atom stereocenters. The van der Waals surface area contributed by atoms with Crippen LogP contribution in [0.1, 0.15) is 0 Å². The highest BCUT2D eigenvalue weighted by Gasteiger charge is 2.13. The summed E-state index contributed by atoms with van der Waals surface area (Å²) >= 11 is 0. The maximum absolute atomic E-state index is 11.5. The summed E-state index contributed by atoms with van der Waals surface area (Å²) in [6.45, 7) is 0.387. The molecule has 8 heteroatoms. The number of hydrogen-bond donors (Lipinski definition) is 2. The summed E-state index contributed by atoms with van der Waals surface area (Å²) < 4.78 is 27.8. The molecule has 100 valence electrons. The van der Waals surface area contributed by atoms with Crippen molar-refractivity contribution in [2.75, 3.05) is 31.3 Å². The standard InChI is InChI=1S/C10H15N3O4S/c1-18(15,16)8-3-2-4-12-10(8)13-5-6-17-7-9(11)14/h2-4H,5-7H2,1H3,(H2,11,14)(H,12,13). The normalized spacial score (nSPS) is 11.2. The molecule has 0 bridgehead atoms. The molecule has 7 nitrogen and oxygen atoms in total. The van der Waals surface area contributed by atoms with Crippen molar-refractivity contribution >= 4 is 21.6 Å². The van der Waals surface area contributed by atoms with Crippen molar-refractivity contribution in [3.8, 4) is 0 Å². The Bertz CT molecular complexity index is 516. The number of anilines is 1. The fourth-order valence-corrected chi connectivity index (χ4v) is 2.04. The van der Waals surface area contributed by atoms with E-state index in [0.717, 1.165) is 6.26 Å². The highest BCUT2D eigenvalue weighted by Crippen LogP contribution is 2.17. The molecule has 0 aromatic carbocycles. The third-order valence-corrected chi connectivity index (χ3v) is 3.08. The lowest BCUT2D eigenvalue weighted by Crippen LogP contribution is -2.21. The molecule has 0 spiro atoms. The molecule has 0 saturated carbocycles. The minimum atomic E-state index is -3.33. The van der Waals surface area contributed by atoms with Gasteiger partial charge in [-0.05, 0) is 12.1 Å². The third kappa shape index (κ3) is 4.68. The number of aromatic nitrogens is 1. The maximum atomic E-state index is 11.5. The maximum Gasteiger partial charge on any atom is 0.243 e. The van der Waals surface area contributed by atoms with Crippen molar-refractivity contribution in [2.45, 2.75) is 4.90 Å². The first kappa shape index (κ1) is 14.4. The average Bonchev–Trinajstić information content (AvgIpc) is 2.27. The topological polar surface area (TPSA) is 111 Å². The Morgan fingerprint density at radius 1 is 1.56 bits per heavy atom. The molecule has 0 aliphatic rings. The van der Waals surface area contributed by atoms with E-state index in [0.29, 0.717) is 6.54 Å². The Kier molecular flexibility index (Phi) is 5.05. The summed E-state index contributed by atoms with van der Waals surface area (Å²) in [5.41, 5.74) is 4.89. The van der Waals surface area contributed by atoms with E-state index in [2.05, 4.69) is 10.3 Å². The van der Waals surface area contributed by atoms with E-state index in [1.165, 1.54) is 12.3 Å². The van der Waals surface area contributed by atoms with Crippen molar-refractivity contribution < 1.29 is 17.9 Å². The van der Waals surface area contributed by atoms with E-state index in [9.17, 15) is 13.2 Å². The van der Waals surface area contributed by atoms with Crippen molar-refractivity contribution in [3.05, 3.63) is 18.3 Å². The van der Waals surface area contributed by atoms with Crippen LogP contribution in [0.15, 0.2) is 23.2 Å². The number of ether oxygens (including phenoxy) is 1. The molecule has 1 rings (SSSR count). The fourth-order valence-electron chi connectivity index (χ4n) is 1.24. The van der Waals surface area contributed by atoms with Gasteiger partial charge in [0.1, 0.15) is 17.3 Å². The van der Waals surface area contributed by atoms with Crippen LogP contribution in [0.2, 0.25) is 0 Å². The molecule has 0 saturated heterocycles. The molecular formula is C10H15N3O4S. The van der Waals surface area contributed by atoms with Gasteiger partial charge in [-0.2, -0.15) is 0 Å². The molecule has 1 aromatic rings. The summed E-state index contributed by atoms with van der Waals surface area (Å²) in [4.78, 5) is 14.5. The van der Waals surface area contributed by atoms with Gasteiger partial charge >= 0.3 is 0 Å². The molecule has 0 aliphatic heterocycles.